The molecule has 3 heterocycles. The van der Waals surface area contributed by atoms with Crippen LogP contribution in [-0.4, -0.2) is 47.9 Å². The Bertz CT molecular complexity index is 792. The van der Waals surface area contributed by atoms with Gasteiger partial charge < -0.3 is 19.7 Å². The average molecular weight is 353 g/mol. The second-order valence-electron chi connectivity index (χ2n) is 6.86. The van der Waals surface area contributed by atoms with Crippen LogP contribution < -0.4 is 5.32 Å². The van der Waals surface area contributed by atoms with Crippen LogP contribution in [0.4, 0.5) is 11.4 Å². The van der Waals surface area contributed by atoms with Crippen molar-refractivity contribution >= 4 is 17.3 Å². The molecular weight excluding hydrogens is 330 g/mol. The third-order valence-electron chi connectivity index (χ3n) is 4.92. The number of aryl methyl sites for hydroxylation is 1. The maximum Gasteiger partial charge on any atom is 0.255 e. The number of anilines is 2. The topological polar surface area (TPSA) is 63.7 Å². The zero-order chi connectivity index (χ0) is 18.0. The van der Waals surface area contributed by atoms with Crippen LogP contribution in [0.25, 0.3) is 0 Å². The van der Waals surface area contributed by atoms with Crippen molar-refractivity contribution < 1.29 is 14.3 Å². The summed E-state index contributed by atoms with van der Waals surface area (Å²) in [6.07, 6.45) is 4.78. The van der Waals surface area contributed by atoms with E-state index in [4.69, 9.17) is 9.47 Å². The van der Waals surface area contributed by atoms with E-state index in [9.17, 15) is 4.79 Å². The Hall–Kier alpha value is -2.44. The number of aromatic nitrogens is 1. The molecule has 0 bridgehead atoms. The molecule has 1 aromatic heterocycles. The summed E-state index contributed by atoms with van der Waals surface area (Å²) in [6, 6.07) is 9.94. The van der Waals surface area contributed by atoms with Crippen molar-refractivity contribution in [1.29, 1.82) is 0 Å². The molecule has 0 unspecified atom stereocenters. The van der Waals surface area contributed by atoms with Gasteiger partial charge in [0, 0.05) is 37.8 Å². The summed E-state index contributed by atoms with van der Waals surface area (Å²) in [7, 11) is 0. The van der Waals surface area contributed by atoms with Gasteiger partial charge in [0.15, 0.2) is 5.79 Å². The number of hydrogen-bond donors (Lipinski definition) is 1. The molecule has 4 rings (SSSR count). The predicted octanol–water partition coefficient (Wildman–Crippen LogP) is 3.11. The minimum absolute atomic E-state index is 0.00163. The second kappa shape index (κ2) is 7.05. The van der Waals surface area contributed by atoms with E-state index in [-0.39, 0.29) is 5.91 Å². The summed E-state index contributed by atoms with van der Waals surface area (Å²) < 4.78 is 11.5. The summed E-state index contributed by atoms with van der Waals surface area (Å²) in [5.41, 5.74) is 3.55. The first-order valence-electron chi connectivity index (χ1n) is 9.00. The van der Waals surface area contributed by atoms with Crippen LogP contribution in [0.5, 0.6) is 0 Å². The number of amides is 1. The van der Waals surface area contributed by atoms with E-state index >= 15 is 0 Å². The normalized spacial score (nSPS) is 18.9. The number of carbonyl (C=O) groups is 1. The van der Waals surface area contributed by atoms with Crippen molar-refractivity contribution in [3.8, 4) is 0 Å². The molecule has 0 aliphatic carbocycles. The number of rotatable bonds is 3. The molecule has 2 saturated heterocycles. The highest BCUT2D eigenvalue weighted by Crippen LogP contribution is 2.31. The van der Waals surface area contributed by atoms with Gasteiger partial charge in [-0.1, -0.05) is 12.1 Å². The number of carbonyl (C=O) groups excluding carboxylic acids is 1. The maximum absolute atomic E-state index is 12.8. The number of nitrogens with zero attached hydrogens (tertiary/aromatic N) is 2. The van der Waals surface area contributed by atoms with Crippen LogP contribution in [0.1, 0.15) is 28.8 Å². The lowest BCUT2D eigenvalue weighted by Gasteiger charge is -2.37. The molecule has 6 heteroatoms. The fraction of sp³-hybridized carbons (Fsp3) is 0.400. The van der Waals surface area contributed by atoms with E-state index in [1.807, 2.05) is 36.1 Å². The minimum Gasteiger partial charge on any atom is -0.354 e. The number of piperidine rings is 1. The van der Waals surface area contributed by atoms with E-state index in [0.29, 0.717) is 44.7 Å². The average Bonchev–Trinajstić information content (AvgIpc) is 3.10. The molecule has 26 heavy (non-hydrogen) atoms. The molecule has 0 saturated carbocycles. The molecule has 2 aliphatic heterocycles. The molecule has 1 N–H and O–H groups in total. The molecule has 0 atom stereocenters. The summed E-state index contributed by atoms with van der Waals surface area (Å²) in [5.74, 6) is -0.470. The highest BCUT2D eigenvalue weighted by Gasteiger charge is 2.40. The maximum atomic E-state index is 12.8. The zero-order valence-corrected chi connectivity index (χ0v) is 14.9. The molecule has 1 spiro atoms. The van der Waals surface area contributed by atoms with Crippen LogP contribution in [-0.2, 0) is 9.47 Å². The second-order valence-corrected chi connectivity index (χ2v) is 6.86. The molecule has 0 radical (unpaired) electrons. The lowest BCUT2D eigenvalue weighted by atomic mass is 10.0. The fourth-order valence-corrected chi connectivity index (χ4v) is 3.53. The van der Waals surface area contributed by atoms with Crippen molar-refractivity contribution in [2.24, 2.45) is 0 Å². The van der Waals surface area contributed by atoms with E-state index in [0.717, 1.165) is 11.4 Å². The van der Waals surface area contributed by atoms with Gasteiger partial charge in [-0.25, -0.2) is 0 Å². The first-order valence-corrected chi connectivity index (χ1v) is 9.00. The standard InChI is InChI=1S/C20H23N3O3/c1-15-3-2-4-17(11-15)22-18-12-16(13-21-14-18)19(24)23-7-5-20(6-8-23)25-9-10-26-20/h2-4,11-14,22H,5-10H2,1H3. The van der Waals surface area contributed by atoms with Gasteiger partial charge in [-0.15, -0.1) is 0 Å². The zero-order valence-electron chi connectivity index (χ0n) is 14.9. The Morgan fingerprint density at radius 1 is 1.12 bits per heavy atom. The third-order valence-corrected chi connectivity index (χ3v) is 4.92. The van der Waals surface area contributed by atoms with Crippen LogP contribution in [0.3, 0.4) is 0 Å². The van der Waals surface area contributed by atoms with Crippen molar-refractivity contribution in [3.63, 3.8) is 0 Å². The van der Waals surface area contributed by atoms with Crippen LogP contribution in [0, 0.1) is 6.92 Å². The van der Waals surface area contributed by atoms with Gasteiger partial charge in [0.25, 0.3) is 5.91 Å². The monoisotopic (exact) mass is 353 g/mol. The van der Waals surface area contributed by atoms with Gasteiger partial charge in [-0.2, -0.15) is 0 Å². The van der Waals surface area contributed by atoms with E-state index in [1.54, 1.807) is 12.4 Å². The SMILES string of the molecule is Cc1cccc(Nc2cncc(C(=O)N3CCC4(CC3)OCCO4)c2)c1. The van der Waals surface area contributed by atoms with Crippen molar-refractivity contribution in [3.05, 3.63) is 53.9 Å². The van der Waals surface area contributed by atoms with E-state index < -0.39 is 5.79 Å². The van der Waals surface area contributed by atoms with Crippen molar-refractivity contribution in [2.45, 2.75) is 25.6 Å². The number of ether oxygens (including phenoxy) is 2. The number of likely N-dealkylation sites (tertiary alicyclic amines) is 1. The molecule has 6 nitrogen and oxygen atoms in total. The first-order chi connectivity index (χ1) is 12.6. The molecule has 2 fully saturated rings. The quantitative estimate of drug-likeness (QED) is 0.919. The molecule has 2 aromatic rings. The van der Waals surface area contributed by atoms with Gasteiger partial charge in [-0.3, -0.25) is 9.78 Å². The number of nitrogens with one attached hydrogen (secondary N) is 1. The molecular formula is C20H23N3O3. The van der Waals surface area contributed by atoms with Gasteiger partial charge >= 0.3 is 0 Å². The number of hydrogen-bond acceptors (Lipinski definition) is 5. The van der Waals surface area contributed by atoms with Gasteiger partial charge in [0.05, 0.1) is 30.7 Å². The Morgan fingerprint density at radius 3 is 2.62 bits per heavy atom. The minimum atomic E-state index is -0.469. The summed E-state index contributed by atoms with van der Waals surface area (Å²) >= 11 is 0. The fourth-order valence-electron chi connectivity index (χ4n) is 3.53. The summed E-state index contributed by atoms with van der Waals surface area (Å²) in [4.78, 5) is 18.9. The number of pyridine rings is 1. The Kier molecular flexibility index (Phi) is 4.61. The summed E-state index contributed by atoms with van der Waals surface area (Å²) in [5, 5.41) is 3.31. The first kappa shape index (κ1) is 17.0. The molecule has 1 aromatic carbocycles. The van der Waals surface area contributed by atoms with Gasteiger partial charge in [-0.05, 0) is 30.7 Å². The largest absolute Gasteiger partial charge is 0.354 e. The molecule has 136 valence electrons. The highest BCUT2D eigenvalue weighted by atomic mass is 16.7. The van der Waals surface area contributed by atoms with Crippen LogP contribution in [0.2, 0.25) is 0 Å². The predicted molar refractivity (Wildman–Crippen MR) is 98.5 cm³/mol. The molecule has 1 amide bonds. The van der Waals surface area contributed by atoms with Crippen molar-refractivity contribution in [1.82, 2.24) is 9.88 Å². The lowest BCUT2D eigenvalue weighted by molar-refractivity contribution is -0.181. The Morgan fingerprint density at radius 2 is 1.88 bits per heavy atom. The Balaban J connectivity index is 1.43. The van der Waals surface area contributed by atoms with Gasteiger partial charge in [0.1, 0.15) is 0 Å². The van der Waals surface area contributed by atoms with Crippen LogP contribution >= 0.6 is 0 Å². The summed E-state index contributed by atoms with van der Waals surface area (Å²) in [6.45, 7) is 4.60. The third kappa shape index (κ3) is 3.57. The molecule has 2 aliphatic rings. The van der Waals surface area contributed by atoms with Crippen molar-refractivity contribution in [2.75, 3.05) is 31.6 Å². The van der Waals surface area contributed by atoms with E-state index in [1.165, 1.54) is 5.56 Å². The van der Waals surface area contributed by atoms with E-state index in [2.05, 4.69) is 16.4 Å². The van der Waals surface area contributed by atoms with Gasteiger partial charge in [0.2, 0.25) is 0 Å². The smallest absolute Gasteiger partial charge is 0.255 e. The number of benzene rings is 1. The lowest BCUT2D eigenvalue weighted by Crippen LogP contribution is -2.47. The Labute approximate surface area is 153 Å². The highest BCUT2D eigenvalue weighted by molar-refractivity contribution is 5.95. The van der Waals surface area contributed by atoms with Crippen LogP contribution in [0.15, 0.2) is 42.7 Å².